The normalized spacial score (nSPS) is 11.8. The second-order valence-electron chi connectivity index (χ2n) is 10.5. The molecular weight excluding hydrogens is 650 g/mol. The van der Waals surface area contributed by atoms with E-state index >= 15 is 0 Å². The van der Waals surface area contributed by atoms with Crippen LogP contribution in [0.2, 0.25) is 5.15 Å². The molecule has 260 valence electrons. The summed E-state index contributed by atoms with van der Waals surface area (Å²) in [6.07, 6.45) is 0.416. The molecule has 0 saturated carbocycles. The number of esters is 1. The number of benzene rings is 1. The quantitative estimate of drug-likeness (QED) is 0.0378. The summed E-state index contributed by atoms with van der Waals surface area (Å²) < 4.78 is 5.16. The van der Waals surface area contributed by atoms with Gasteiger partial charge < -0.3 is 54.7 Å². The van der Waals surface area contributed by atoms with E-state index in [9.17, 15) is 24.0 Å². The van der Waals surface area contributed by atoms with Crippen molar-refractivity contribution in [1.82, 2.24) is 25.9 Å². The molecule has 2 rings (SSSR count). The maximum absolute atomic E-state index is 13.1. The summed E-state index contributed by atoms with van der Waals surface area (Å²) in [5.41, 5.74) is 27.3. The molecule has 48 heavy (non-hydrogen) atoms. The van der Waals surface area contributed by atoms with Crippen LogP contribution in [0.4, 0.5) is 11.6 Å². The number of carbonyl (C=O) groups is 5. The molecule has 19 nitrogen and oxygen atoms in total. The van der Waals surface area contributed by atoms with E-state index in [0.29, 0.717) is 6.42 Å². The van der Waals surface area contributed by atoms with Crippen LogP contribution in [-0.4, -0.2) is 83.2 Å². The number of guanidine groups is 2. The number of amides is 4. The number of hydrogen-bond acceptors (Lipinski definition) is 11. The molecule has 20 heteroatoms. The number of aliphatic imine (C=N–C) groups is 2. The summed E-state index contributed by atoms with van der Waals surface area (Å²) in [5.74, 6) is -5.14. The van der Waals surface area contributed by atoms with Crippen molar-refractivity contribution in [2.24, 2.45) is 38.8 Å². The second kappa shape index (κ2) is 19.1. The fourth-order valence-corrected chi connectivity index (χ4v) is 4.08. The van der Waals surface area contributed by atoms with Crippen LogP contribution in [0.15, 0.2) is 40.3 Å². The molecule has 0 aliphatic heterocycles. The first-order valence-electron chi connectivity index (χ1n) is 14.5. The minimum Gasteiger partial charge on any atom is -0.460 e. The molecule has 2 atom stereocenters. The van der Waals surface area contributed by atoms with Gasteiger partial charge >= 0.3 is 11.9 Å². The standard InChI is InChI=1S/C28H40ClN13O6/c1-14(2)19(40-23-21(29)39-20(22(30)41-23)26(47)42-28(33)34)25(46)36-11-17(43)38-16(9-6-10-35-27(31)32)24(45)37-12-18(44)48-13-15-7-4-3-5-8-15/h3-5,7-8,14,16,19H,6,9-13H2,1-2H3,(H,36,46)(H,37,45)(H,38,43)(H3,30,40,41)(H4,31,32,35)(H4,33,34,42,47)/t16-,19-/m0/s1. The van der Waals surface area contributed by atoms with Crippen LogP contribution in [0.5, 0.6) is 0 Å². The Morgan fingerprint density at radius 2 is 1.60 bits per heavy atom. The Morgan fingerprint density at radius 1 is 0.938 bits per heavy atom. The first kappa shape index (κ1) is 38.5. The van der Waals surface area contributed by atoms with Gasteiger partial charge in [-0.2, -0.15) is 4.99 Å². The van der Waals surface area contributed by atoms with Crippen LogP contribution in [0, 0.1) is 5.92 Å². The zero-order chi connectivity index (χ0) is 35.8. The lowest BCUT2D eigenvalue weighted by Gasteiger charge is -2.23. The van der Waals surface area contributed by atoms with Gasteiger partial charge in [0.25, 0.3) is 0 Å². The highest BCUT2D eigenvalue weighted by atomic mass is 35.5. The van der Waals surface area contributed by atoms with E-state index < -0.39 is 66.4 Å². The van der Waals surface area contributed by atoms with Gasteiger partial charge in [0.1, 0.15) is 25.2 Å². The Labute approximate surface area is 280 Å². The number of hydrogen-bond donors (Lipinski definition) is 9. The Kier molecular flexibility index (Phi) is 15.3. The molecular formula is C28H40ClN13O6. The number of rotatable bonds is 17. The zero-order valence-electron chi connectivity index (χ0n) is 26.4. The summed E-state index contributed by atoms with van der Waals surface area (Å²) in [7, 11) is 0. The van der Waals surface area contributed by atoms with Crippen LogP contribution in [0.25, 0.3) is 0 Å². The largest absolute Gasteiger partial charge is 0.460 e. The lowest BCUT2D eigenvalue weighted by molar-refractivity contribution is -0.145. The van der Waals surface area contributed by atoms with Gasteiger partial charge in [0, 0.05) is 6.54 Å². The van der Waals surface area contributed by atoms with Crippen molar-refractivity contribution in [2.75, 3.05) is 30.7 Å². The van der Waals surface area contributed by atoms with Gasteiger partial charge in [0.05, 0.1) is 6.54 Å². The van der Waals surface area contributed by atoms with Gasteiger partial charge in [0.2, 0.25) is 17.7 Å². The molecule has 0 unspecified atom stereocenters. The number of aromatic nitrogens is 2. The van der Waals surface area contributed by atoms with E-state index in [4.69, 9.17) is 45.0 Å². The maximum atomic E-state index is 13.1. The van der Waals surface area contributed by atoms with Gasteiger partial charge in [0.15, 0.2) is 34.4 Å². The highest BCUT2D eigenvalue weighted by Gasteiger charge is 2.27. The summed E-state index contributed by atoms with van der Waals surface area (Å²) in [6, 6.07) is 6.89. The molecule has 1 aromatic heterocycles. The lowest BCUT2D eigenvalue weighted by Crippen LogP contribution is -2.52. The third kappa shape index (κ3) is 13.3. The van der Waals surface area contributed by atoms with Crippen molar-refractivity contribution < 1.29 is 28.7 Å². The number of nitrogen functional groups attached to an aromatic ring is 1. The molecule has 0 bridgehead atoms. The Balaban J connectivity index is 2.02. The molecule has 1 aromatic carbocycles. The number of halogens is 1. The van der Waals surface area contributed by atoms with Crippen LogP contribution in [0.3, 0.4) is 0 Å². The van der Waals surface area contributed by atoms with Crippen molar-refractivity contribution in [3.05, 3.63) is 46.7 Å². The van der Waals surface area contributed by atoms with E-state index in [0.717, 1.165) is 5.56 Å². The average molecular weight is 690 g/mol. The maximum Gasteiger partial charge on any atom is 0.325 e. The van der Waals surface area contributed by atoms with Crippen molar-refractivity contribution in [2.45, 2.75) is 45.4 Å². The van der Waals surface area contributed by atoms with Crippen LogP contribution < -0.4 is 49.9 Å². The number of nitrogens with zero attached hydrogens (tertiary/aromatic N) is 4. The fourth-order valence-electron chi connectivity index (χ4n) is 3.90. The molecule has 0 saturated heterocycles. The molecule has 14 N–H and O–H groups in total. The van der Waals surface area contributed by atoms with E-state index in [1.165, 1.54) is 0 Å². The molecule has 2 aromatic rings. The molecule has 0 aliphatic carbocycles. The summed E-state index contributed by atoms with van der Waals surface area (Å²) in [6.45, 7) is 2.66. The first-order valence-corrected chi connectivity index (χ1v) is 14.9. The number of ether oxygens (including phenoxy) is 1. The van der Waals surface area contributed by atoms with Gasteiger partial charge in [-0.15, -0.1) is 0 Å². The molecule has 0 radical (unpaired) electrons. The van der Waals surface area contributed by atoms with Gasteiger partial charge in [-0.1, -0.05) is 55.8 Å². The SMILES string of the molecule is CC(C)[C@H](Nc1nc(N)c(C(=O)N=C(N)N)nc1Cl)C(=O)NCC(=O)N[C@@H](CCCN=C(N)N)C(=O)NCC(=O)OCc1ccccc1. The number of carbonyl (C=O) groups excluding carboxylic acids is 5. The number of nitrogens with two attached hydrogens (primary N) is 5. The topological polar surface area (TPSA) is 323 Å². The fraction of sp³-hybridized carbons (Fsp3) is 0.393. The van der Waals surface area contributed by atoms with Crippen molar-refractivity contribution in [1.29, 1.82) is 0 Å². The van der Waals surface area contributed by atoms with E-state index in [2.05, 4.69) is 41.2 Å². The lowest BCUT2D eigenvalue weighted by atomic mass is 10.0. The van der Waals surface area contributed by atoms with Crippen LogP contribution >= 0.6 is 11.6 Å². The second-order valence-corrected chi connectivity index (χ2v) is 10.8. The third-order valence-corrected chi connectivity index (χ3v) is 6.49. The average Bonchev–Trinajstić information content (AvgIpc) is 3.02. The van der Waals surface area contributed by atoms with Crippen molar-refractivity contribution in [3.8, 4) is 0 Å². The molecule has 1 heterocycles. The molecule has 4 amide bonds. The number of nitrogens with one attached hydrogen (secondary N) is 4. The minimum atomic E-state index is -1.10. The monoisotopic (exact) mass is 689 g/mol. The minimum absolute atomic E-state index is 0.0245. The number of anilines is 2. The molecule has 0 fully saturated rings. The van der Waals surface area contributed by atoms with E-state index in [-0.39, 0.29) is 48.2 Å². The molecule has 0 spiro atoms. The van der Waals surface area contributed by atoms with E-state index in [1.54, 1.807) is 38.1 Å². The third-order valence-electron chi connectivity index (χ3n) is 6.22. The van der Waals surface area contributed by atoms with Crippen molar-refractivity contribution >= 4 is 64.8 Å². The Morgan fingerprint density at radius 3 is 2.23 bits per heavy atom. The predicted octanol–water partition coefficient (Wildman–Crippen LogP) is -1.92. The van der Waals surface area contributed by atoms with E-state index in [1.807, 2.05) is 6.07 Å². The molecule has 0 aliphatic rings. The zero-order valence-corrected chi connectivity index (χ0v) is 27.1. The Bertz CT molecular complexity index is 1510. The Hall–Kier alpha value is -5.72. The highest BCUT2D eigenvalue weighted by molar-refractivity contribution is 6.32. The predicted molar refractivity (Wildman–Crippen MR) is 178 cm³/mol. The summed E-state index contributed by atoms with van der Waals surface area (Å²) >= 11 is 6.17. The van der Waals surface area contributed by atoms with Gasteiger partial charge in [-0.25, -0.2) is 9.97 Å². The highest BCUT2D eigenvalue weighted by Crippen LogP contribution is 2.23. The first-order chi connectivity index (χ1) is 22.7. The summed E-state index contributed by atoms with van der Waals surface area (Å²) in [4.78, 5) is 78.2. The smallest absolute Gasteiger partial charge is 0.325 e. The van der Waals surface area contributed by atoms with Gasteiger partial charge in [-0.05, 0) is 24.3 Å². The summed E-state index contributed by atoms with van der Waals surface area (Å²) in [5, 5.41) is 9.96. The van der Waals surface area contributed by atoms with Crippen molar-refractivity contribution in [3.63, 3.8) is 0 Å². The van der Waals surface area contributed by atoms with Gasteiger partial charge in [-0.3, -0.25) is 29.0 Å². The van der Waals surface area contributed by atoms with Crippen LogP contribution in [-0.2, 0) is 30.5 Å². The van der Waals surface area contributed by atoms with Crippen LogP contribution in [0.1, 0.15) is 42.7 Å².